The largest absolute Gasteiger partial charge is 0.493 e. The number of carbonyl (C=O) groups excluding carboxylic acids is 1. The molecule has 0 bridgehead atoms. The van der Waals surface area contributed by atoms with Crippen LogP contribution in [0.25, 0.3) is 11.0 Å². The molecule has 2 aromatic carbocycles. The number of imidazole rings is 1. The van der Waals surface area contributed by atoms with Crippen molar-refractivity contribution < 1.29 is 9.53 Å². The number of hydrogen-bond acceptors (Lipinski definition) is 3. The molecule has 5 heteroatoms. The van der Waals surface area contributed by atoms with Crippen molar-refractivity contribution in [3.05, 3.63) is 72.6 Å². The van der Waals surface area contributed by atoms with Crippen molar-refractivity contribution in [1.82, 2.24) is 14.9 Å². The second kappa shape index (κ2) is 11.7. The summed E-state index contributed by atoms with van der Waals surface area (Å²) < 4.78 is 8.44. The fraction of sp³-hybridized carbons (Fsp3) is 0.429. The van der Waals surface area contributed by atoms with Gasteiger partial charge in [0, 0.05) is 25.4 Å². The van der Waals surface area contributed by atoms with Gasteiger partial charge in [-0.15, -0.1) is 6.58 Å². The quantitative estimate of drug-likeness (QED) is 0.264. The van der Waals surface area contributed by atoms with Crippen LogP contribution >= 0.6 is 0 Å². The molecule has 3 aromatic rings. The molecule has 4 rings (SSSR count). The van der Waals surface area contributed by atoms with Crippen LogP contribution in [-0.4, -0.2) is 28.6 Å². The molecule has 1 heterocycles. The topological polar surface area (TPSA) is 56.1 Å². The van der Waals surface area contributed by atoms with Crippen molar-refractivity contribution >= 4 is 16.9 Å². The minimum atomic E-state index is 0.242. The fourth-order valence-corrected chi connectivity index (χ4v) is 4.23. The second-order valence-electron chi connectivity index (χ2n) is 8.85. The van der Waals surface area contributed by atoms with Gasteiger partial charge in [0.1, 0.15) is 11.6 Å². The number of unbranched alkanes of at least 4 members (excludes halogenated alkanes) is 2. The Morgan fingerprint density at radius 1 is 1.09 bits per heavy atom. The third kappa shape index (κ3) is 6.47. The summed E-state index contributed by atoms with van der Waals surface area (Å²) in [5, 5.41) is 3.06. The van der Waals surface area contributed by atoms with Gasteiger partial charge in [-0.25, -0.2) is 4.98 Å². The van der Waals surface area contributed by atoms with E-state index >= 15 is 0 Å². The van der Waals surface area contributed by atoms with Crippen LogP contribution in [0, 0.1) is 5.92 Å². The lowest BCUT2D eigenvalue weighted by atomic mass is 10.1. The van der Waals surface area contributed by atoms with Crippen molar-refractivity contribution in [3.63, 3.8) is 0 Å². The number of carbonyl (C=O) groups is 1. The maximum Gasteiger partial charge on any atom is 0.223 e. The lowest BCUT2D eigenvalue weighted by Gasteiger charge is -2.12. The summed E-state index contributed by atoms with van der Waals surface area (Å²) in [6.07, 6.45) is 9.92. The lowest BCUT2D eigenvalue weighted by Crippen LogP contribution is -2.25. The molecule has 0 spiro atoms. The van der Waals surface area contributed by atoms with Crippen LogP contribution in [0.1, 0.15) is 49.9 Å². The number of rotatable bonds is 14. The molecule has 5 nitrogen and oxygen atoms in total. The number of amides is 1. The number of allylic oxidation sites excluding steroid dienone is 1. The Bertz CT molecular complexity index is 1070. The molecule has 1 amide bonds. The van der Waals surface area contributed by atoms with E-state index in [1.807, 2.05) is 30.3 Å². The average molecular weight is 446 g/mol. The number of aryl methyl sites for hydroxylation is 2. The van der Waals surface area contributed by atoms with E-state index in [0.717, 1.165) is 81.5 Å². The molecule has 1 aliphatic carbocycles. The van der Waals surface area contributed by atoms with Gasteiger partial charge in [-0.2, -0.15) is 0 Å². The van der Waals surface area contributed by atoms with Crippen molar-refractivity contribution in [2.45, 2.75) is 57.9 Å². The summed E-state index contributed by atoms with van der Waals surface area (Å²) >= 11 is 0. The van der Waals surface area contributed by atoms with E-state index < -0.39 is 0 Å². The standard InChI is InChI=1S/C28H35N3O2/c1-2-11-22-12-5-8-15-26(22)33-21-10-20-31-25-14-7-6-13-24(25)30-27(31)16-4-3-9-19-29-28(32)23-17-18-23/h2,5-8,12-15,23H,1,3-4,9-11,16-21H2,(H,29,32). The van der Waals surface area contributed by atoms with Gasteiger partial charge in [0.05, 0.1) is 17.6 Å². The average Bonchev–Trinajstić information content (AvgIpc) is 3.63. The van der Waals surface area contributed by atoms with Crippen LogP contribution in [-0.2, 0) is 24.2 Å². The van der Waals surface area contributed by atoms with Gasteiger partial charge in [-0.05, 0) is 62.3 Å². The third-order valence-corrected chi connectivity index (χ3v) is 6.18. The van der Waals surface area contributed by atoms with Gasteiger partial charge in [-0.1, -0.05) is 42.8 Å². The number of nitrogens with one attached hydrogen (secondary N) is 1. The highest BCUT2D eigenvalue weighted by molar-refractivity contribution is 5.80. The Kier molecular flexibility index (Phi) is 8.18. The first-order valence-corrected chi connectivity index (χ1v) is 12.3. The zero-order chi connectivity index (χ0) is 22.9. The summed E-state index contributed by atoms with van der Waals surface area (Å²) in [4.78, 5) is 16.6. The number of benzene rings is 2. The van der Waals surface area contributed by atoms with Crippen LogP contribution < -0.4 is 10.1 Å². The number of fused-ring (bicyclic) bond motifs is 1. The molecule has 1 N–H and O–H groups in total. The molecule has 174 valence electrons. The Balaban J connectivity index is 1.27. The SMILES string of the molecule is C=CCc1ccccc1OCCCn1c(CCCCCNC(=O)C2CC2)nc2ccccc21. The Morgan fingerprint density at radius 2 is 1.91 bits per heavy atom. The van der Waals surface area contributed by atoms with E-state index in [1.54, 1.807) is 0 Å². The molecule has 0 aliphatic heterocycles. The molecular weight excluding hydrogens is 410 g/mol. The minimum absolute atomic E-state index is 0.242. The monoisotopic (exact) mass is 445 g/mol. The predicted molar refractivity (Wildman–Crippen MR) is 133 cm³/mol. The molecule has 0 unspecified atom stereocenters. The van der Waals surface area contributed by atoms with E-state index in [0.29, 0.717) is 12.5 Å². The summed E-state index contributed by atoms with van der Waals surface area (Å²) in [5.74, 6) is 2.63. The van der Waals surface area contributed by atoms with E-state index in [9.17, 15) is 4.79 Å². The normalized spacial score (nSPS) is 13.2. The molecule has 1 saturated carbocycles. The summed E-state index contributed by atoms with van der Waals surface area (Å²) in [6, 6.07) is 16.5. The van der Waals surface area contributed by atoms with Gasteiger partial charge in [0.15, 0.2) is 0 Å². The maximum atomic E-state index is 11.7. The summed E-state index contributed by atoms with van der Waals surface area (Å²) in [6.45, 7) is 6.18. The number of ether oxygens (including phenoxy) is 1. The number of nitrogens with zero attached hydrogens (tertiary/aromatic N) is 2. The first kappa shape index (κ1) is 23.1. The Morgan fingerprint density at radius 3 is 2.76 bits per heavy atom. The first-order valence-electron chi connectivity index (χ1n) is 12.3. The number of aromatic nitrogens is 2. The van der Waals surface area contributed by atoms with E-state index in [2.05, 4.69) is 40.7 Å². The lowest BCUT2D eigenvalue weighted by molar-refractivity contribution is -0.122. The molecular formula is C28H35N3O2. The summed E-state index contributed by atoms with van der Waals surface area (Å²) in [7, 11) is 0. The Hall–Kier alpha value is -3.08. The fourth-order valence-electron chi connectivity index (χ4n) is 4.23. The Labute approximate surface area is 196 Å². The molecule has 1 fully saturated rings. The van der Waals surface area contributed by atoms with Crippen LogP contribution in [0.2, 0.25) is 0 Å². The number of para-hydroxylation sites is 3. The minimum Gasteiger partial charge on any atom is -0.493 e. The molecule has 0 radical (unpaired) electrons. The zero-order valence-electron chi connectivity index (χ0n) is 19.5. The van der Waals surface area contributed by atoms with Crippen LogP contribution in [0.5, 0.6) is 5.75 Å². The number of hydrogen-bond donors (Lipinski definition) is 1. The van der Waals surface area contributed by atoms with Crippen molar-refractivity contribution in [3.8, 4) is 5.75 Å². The van der Waals surface area contributed by atoms with Gasteiger partial charge in [0.25, 0.3) is 0 Å². The van der Waals surface area contributed by atoms with E-state index in [1.165, 1.54) is 11.1 Å². The third-order valence-electron chi connectivity index (χ3n) is 6.18. The smallest absolute Gasteiger partial charge is 0.223 e. The first-order chi connectivity index (χ1) is 16.3. The molecule has 1 aromatic heterocycles. The molecule has 0 atom stereocenters. The predicted octanol–water partition coefficient (Wildman–Crippen LogP) is 5.47. The van der Waals surface area contributed by atoms with Gasteiger partial charge < -0.3 is 14.6 Å². The van der Waals surface area contributed by atoms with Gasteiger partial charge in [-0.3, -0.25) is 4.79 Å². The van der Waals surface area contributed by atoms with Crippen molar-refractivity contribution in [1.29, 1.82) is 0 Å². The molecule has 33 heavy (non-hydrogen) atoms. The van der Waals surface area contributed by atoms with Gasteiger partial charge in [0.2, 0.25) is 5.91 Å². The van der Waals surface area contributed by atoms with Gasteiger partial charge >= 0.3 is 0 Å². The second-order valence-corrected chi connectivity index (χ2v) is 8.85. The van der Waals surface area contributed by atoms with Crippen LogP contribution in [0.3, 0.4) is 0 Å². The van der Waals surface area contributed by atoms with E-state index in [4.69, 9.17) is 9.72 Å². The van der Waals surface area contributed by atoms with Crippen LogP contribution in [0.4, 0.5) is 0 Å². The highest BCUT2D eigenvalue weighted by atomic mass is 16.5. The van der Waals surface area contributed by atoms with Crippen LogP contribution in [0.15, 0.2) is 61.2 Å². The van der Waals surface area contributed by atoms with Crippen molar-refractivity contribution in [2.75, 3.05) is 13.2 Å². The van der Waals surface area contributed by atoms with Crippen molar-refractivity contribution in [2.24, 2.45) is 5.92 Å². The molecule has 0 saturated heterocycles. The molecule has 1 aliphatic rings. The highest BCUT2D eigenvalue weighted by Gasteiger charge is 2.28. The highest BCUT2D eigenvalue weighted by Crippen LogP contribution is 2.28. The summed E-state index contributed by atoms with van der Waals surface area (Å²) in [5.41, 5.74) is 3.42. The van der Waals surface area contributed by atoms with E-state index in [-0.39, 0.29) is 5.91 Å². The maximum absolute atomic E-state index is 11.7. The zero-order valence-corrected chi connectivity index (χ0v) is 19.5.